The molecule has 0 aliphatic heterocycles. The topological polar surface area (TPSA) is 107 Å². The highest BCUT2D eigenvalue weighted by atomic mass is 16.4. The molecule has 0 saturated heterocycles. The highest BCUT2D eigenvalue weighted by molar-refractivity contribution is 6.02. The summed E-state index contributed by atoms with van der Waals surface area (Å²) in [5.41, 5.74) is 4.52. The first kappa shape index (κ1) is 25.1. The molecule has 0 bridgehead atoms. The number of hydrogen-bond acceptors (Lipinski definition) is 4. The van der Waals surface area contributed by atoms with Crippen molar-refractivity contribution in [2.24, 2.45) is 0 Å². The Morgan fingerprint density at radius 3 is 1.74 bits per heavy atom. The second-order valence-electron chi connectivity index (χ2n) is 9.66. The minimum Gasteiger partial charge on any atom is -0.478 e. The molecule has 0 amide bonds. The second kappa shape index (κ2) is 9.79. The number of aryl methyl sites for hydroxylation is 2. The molecule has 178 valence electrons. The van der Waals surface area contributed by atoms with Gasteiger partial charge < -0.3 is 20.6 Å². The van der Waals surface area contributed by atoms with Gasteiger partial charge in [0.25, 0.3) is 0 Å². The van der Waals surface area contributed by atoms with Gasteiger partial charge in [-0.3, -0.25) is 0 Å². The van der Waals surface area contributed by atoms with E-state index in [0.717, 1.165) is 11.1 Å². The Morgan fingerprint density at radius 1 is 0.765 bits per heavy atom. The van der Waals surface area contributed by atoms with E-state index in [9.17, 15) is 24.9 Å². The SMILES string of the molecule is Cc1ccc(C(=O)O)c(-c2ccc(C(O)CNC(C)(C)C)cc2-c2cc(C)ccc2C(=O)O)c1. The maximum Gasteiger partial charge on any atom is 0.336 e. The smallest absolute Gasteiger partial charge is 0.336 e. The van der Waals surface area contributed by atoms with Gasteiger partial charge in [0.1, 0.15) is 0 Å². The van der Waals surface area contributed by atoms with E-state index in [1.165, 1.54) is 0 Å². The highest BCUT2D eigenvalue weighted by Gasteiger charge is 2.22. The zero-order chi connectivity index (χ0) is 25.2. The molecule has 1 unspecified atom stereocenters. The molecular formula is C28H31NO5. The van der Waals surface area contributed by atoms with Crippen LogP contribution in [0.4, 0.5) is 0 Å². The molecule has 0 spiro atoms. The summed E-state index contributed by atoms with van der Waals surface area (Å²) < 4.78 is 0. The lowest BCUT2D eigenvalue weighted by atomic mass is 9.86. The molecule has 0 heterocycles. The van der Waals surface area contributed by atoms with Crippen LogP contribution in [0.25, 0.3) is 22.3 Å². The molecule has 0 saturated carbocycles. The van der Waals surface area contributed by atoms with E-state index in [0.29, 0.717) is 34.4 Å². The summed E-state index contributed by atoms with van der Waals surface area (Å²) >= 11 is 0. The Balaban J connectivity index is 2.29. The van der Waals surface area contributed by atoms with Gasteiger partial charge in [0.2, 0.25) is 0 Å². The number of β-amino-alcohol motifs (C(OH)–C–C–N with tert-alkyl or cyclic N) is 1. The van der Waals surface area contributed by atoms with Crippen molar-refractivity contribution < 1.29 is 24.9 Å². The average molecular weight is 462 g/mol. The lowest BCUT2D eigenvalue weighted by Crippen LogP contribution is -2.38. The van der Waals surface area contributed by atoms with Crippen LogP contribution in [0, 0.1) is 13.8 Å². The first-order chi connectivity index (χ1) is 15.9. The van der Waals surface area contributed by atoms with E-state index in [2.05, 4.69) is 5.32 Å². The minimum atomic E-state index is -1.08. The Bertz CT molecular complexity index is 1240. The van der Waals surface area contributed by atoms with Crippen LogP contribution < -0.4 is 5.32 Å². The molecule has 0 fully saturated rings. The first-order valence-corrected chi connectivity index (χ1v) is 11.1. The molecule has 1 atom stereocenters. The molecule has 0 aliphatic rings. The fourth-order valence-corrected chi connectivity index (χ4v) is 3.88. The van der Waals surface area contributed by atoms with Crippen LogP contribution in [0.15, 0.2) is 54.6 Å². The van der Waals surface area contributed by atoms with E-state index < -0.39 is 18.0 Å². The number of rotatable bonds is 7. The predicted molar refractivity (Wildman–Crippen MR) is 133 cm³/mol. The Kier molecular flexibility index (Phi) is 7.24. The number of aromatic carboxylic acids is 2. The van der Waals surface area contributed by atoms with Gasteiger partial charge in [-0.25, -0.2) is 9.59 Å². The number of benzene rings is 3. The molecule has 0 radical (unpaired) electrons. The van der Waals surface area contributed by atoms with E-state index in [1.54, 1.807) is 54.6 Å². The van der Waals surface area contributed by atoms with Gasteiger partial charge in [0, 0.05) is 12.1 Å². The third kappa shape index (κ3) is 5.71. The Labute approximate surface area is 199 Å². The zero-order valence-corrected chi connectivity index (χ0v) is 20.1. The standard InChI is InChI=1S/C28H31NO5/c1-16-6-9-20(26(31)32)22(12-16)19-11-8-18(25(30)15-29-28(3,4)5)14-24(19)23-13-17(2)7-10-21(23)27(33)34/h6-14,25,29-30H,15H2,1-5H3,(H,31,32)(H,33,34). The van der Waals surface area contributed by atoms with Gasteiger partial charge in [0.05, 0.1) is 17.2 Å². The molecule has 34 heavy (non-hydrogen) atoms. The summed E-state index contributed by atoms with van der Waals surface area (Å²) in [6, 6.07) is 15.4. The van der Waals surface area contributed by atoms with Gasteiger partial charge in [-0.05, 0) is 80.6 Å². The van der Waals surface area contributed by atoms with Gasteiger partial charge in [-0.15, -0.1) is 0 Å². The van der Waals surface area contributed by atoms with E-state index >= 15 is 0 Å². The fraction of sp³-hybridized carbons (Fsp3) is 0.286. The quantitative estimate of drug-likeness (QED) is 0.372. The largest absolute Gasteiger partial charge is 0.478 e. The van der Waals surface area contributed by atoms with Crippen molar-refractivity contribution in [2.45, 2.75) is 46.3 Å². The maximum absolute atomic E-state index is 12.1. The highest BCUT2D eigenvalue weighted by Crippen LogP contribution is 2.38. The fourth-order valence-electron chi connectivity index (χ4n) is 3.88. The number of carboxylic acids is 2. The molecule has 6 heteroatoms. The summed E-state index contributed by atoms with van der Waals surface area (Å²) in [5, 5.41) is 33.8. The van der Waals surface area contributed by atoms with Crippen LogP contribution in [-0.4, -0.2) is 39.3 Å². The third-order valence-electron chi connectivity index (χ3n) is 5.65. The van der Waals surface area contributed by atoms with Crippen molar-refractivity contribution in [3.8, 4) is 22.3 Å². The van der Waals surface area contributed by atoms with Crippen molar-refractivity contribution in [3.05, 3.63) is 82.4 Å². The van der Waals surface area contributed by atoms with Crippen molar-refractivity contribution in [1.29, 1.82) is 0 Å². The van der Waals surface area contributed by atoms with Crippen molar-refractivity contribution in [1.82, 2.24) is 5.32 Å². The molecule has 3 aromatic rings. The lowest BCUT2D eigenvalue weighted by Gasteiger charge is -2.24. The second-order valence-corrected chi connectivity index (χ2v) is 9.66. The summed E-state index contributed by atoms with van der Waals surface area (Å²) in [5.74, 6) is -2.15. The van der Waals surface area contributed by atoms with Crippen LogP contribution in [0.5, 0.6) is 0 Å². The van der Waals surface area contributed by atoms with Crippen molar-refractivity contribution >= 4 is 11.9 Å². The van der Waals surface area contributed by atoms with Gasteiger partial charge in [0.15, 0.2) is 0 Å². The minimum absolute atomic E-state index is 0.107. The molecule has 3 rings (SSSR count). The van der Waals surface area contributed by atoms with E-state index in [-0.39, 0.29) is 16.7 Å². The molecule has 6 nitrogen and oxygen atoms in total. The summed E-state index contributed by atoms with van der Waals surface area (Å²) in [7, 11) is 0. The monoisotopic (exact) mass is 461 g/mol. The number of carbonyl (C=O) groups is 2. The molecule has 3 aromatic carbocycles. The van der Waals surface area contributed by atoms with E-state index in [1.807, 2.05) is 34.6 Å². The summed E-state index contributed by atoms with van der Waals surface area (Å²) in [4.78, 5) is 24.1. The molecule has 0 aromatic heterocycles. The van der Waals surface area contributed by atoms with E-state index in [4.69, 9.17) is 0 Å². The molecular weight excluding hydrogens is 430 g/mol. The van der Waals surface area contributed by atoms with Crippen LogP contribution in [0.3, 0.4) is 0 Å². The van der Waals surface area contributed by atoms with Gasteiger partial charge >= 0.3 is 11.9 Å². The number of aliphatic hydroxyl groups is 1. The first-order valence-electron chi connectivity index (χ1n) is 11.1. The Morgan fingerprint density at radius 2 is 1.26 bits per heavy atom. The van der Waals surface area contributed by atoms with Crippen molar-refractivity contribution in [2.75, 3.05) is 6.54 Å². The normalized spacial score (nSPS) is 12.4. The van der Waals surface area contributed by atoms with Crippen LogP contribution in [-0.2, 0) is 0 Å². The van der Waals surface area contributed by atoms with Gasteiger partial charge in [-0.2, -0.15) is 0 Å². The molecule has 4 N–H and O–H groups in total. The Hall–Kier alpha value is -3.48. The molecule has 0 aliphatic carbocycles. The van der Waals surface area contributed by atoms with Crippen LogP contribution in [0.1, 0.15) is 64.3 Å². The van der Waals surface area contributed by atoms with Crippen LogP contribution >= 0.6 is 0 Å². The zero-order valence-electron chi connectivity index (χ0n) is 20.1. The number of nitrogens with one attached hydrogen (secondary N) is 1. The summed E-state index contributed by atoms with van der Waals surface area (Å²) in [6.45, 7) is 10.1. The number of aliphatic hydroxyl groups excluding tert-OH is 1. The van der Waals surface area contributed by atoms with Crippen molar-refractivity contribution in [3.63, 3.8) is 0 Å². The third-order valence-corrected chi connectivity index (χ3v) is 5.65. The average Bonchev–Trinajstić information content (AvgIpc) is 2.76. The lowest BCUT2D eigenvalue weighted by molar-refractivity contribution is 0.0686. The summed E-state index contributed by atoms with van der Waals surface area (Å²) in [6.07, 6.45) is -0.832. The van der Waals surface area contributed by atoms with Crippen LogP contribution in [0.2, 0.25) is 0 Å². The number of hydrogen-bond donors (Lipinski definition) is 4. The number of carboxylic acid groups (broad SMARTS) is 2. The predicted octanol–water partition coefficient (Wildman–Crippen LogP) is 5.46. The van der Waals surface area contributed by atoms with Gasteiger partial charge in [-0.1, -0.05) is 47.5 Å². The maximum atomic E-state index is 12.1.